The van der Waals surface area contributed by atoms with E-state index in [9.17, 15) is 0 Å². The second-order valence-corrected chi connectivity index (χ2v) is 5.73. The number of aryl methyl sites for hydroxylation is 1. The summed E-state index contributed by atoms with van der Waals surface area (Å²) in [4.78, 5) is 10.1. The fraction of sp³-hybridized carbons (Fsp3) is 0.385. The van der Waals surface area contributed by atoms with E-state index in [4.69, 9.17) is 0 Å². The Kier molecular flexibility index (Phi) is 3.25. The first-order chi connectivity index (χ1) is 8.81. The standard InChI is InChI=1S/C13H16N4S/c1-9-8-15-13(18-9)17-12-6-2-4-11(16-12)10-5-3-7-14-10/h2,4,6,8,10,14H,3,5,7H2,1H3,(H,15,16,17)/t10-/m0/s1. The minimum Gasteiger partial charge on any atom is -0.316 e. The van der Waals surface area contributed by atoms with Gasteiger partial charge < -0.3 is 10.6 Å². The number of hydrogen-bond donors (Lipinski definition) is 2. The summed E-state index contributed by atoms with van der Waals surface area (Å²) < 4.78 is 0. The van der Waals surface area contributed by atoms with Gasteiger partial charge in [-0.2, -0.15) is 0 Å². The zero-order valence-electron chi connectivity index (χ0n) is 10.3. The molecule has 0 bridgehead atoms. The molecule has 4 nitrogen and oxygen atoms in total. The molecule has 1 atom stereocenters. The topological polar surface area (TPSA) is 49.8 Å². The summed E-state index contributed by atoms with van der Waals surface area (Å²) in [6, 6.07) is 6.52. The second-order valence-electron chi connectivity index (χ2n) is 4.50. The van der Waals surface area contributed by atoms with Crippen LogP contribution < -0.4 is 10.6 Å². The van der Waals surface area contributed by atoms with Crippen molar-refractivity contribution >= 4 is 22.3 Å². The van der Waals surface area contributed by atoms with E-state index in [1.54, 1.807) is 11.3 Å². The van der Waals surface area contributed by atoms with E-state index >= 15 is 0 Å². The second kappa shape index (κ2) is 5.04. The molecule has 3 rings (SSSR count). The molecule has 0 amide bonds. The van der Waals surface area contributed by atoms with E-state index in [0.29, 0.717) is 6.04 Å². The van der Waals surface area contributed by atoms with Crippen molar-refractivity contribution in [3.63, 3.8) is 0 Å². The Morgan fingerprint density at radius 3 is 3.11 bits per heavy atom. The average molecular weight is 260 g/mol. The van der Waals surface area contributed by atoms with Crippen LogP contribution in [0.5, 0.6) is 0 Å². The summed E-state index contributed by atoms with van der Waals surface area (Å²) in [5.41, 5.74) is 1.12. The molecule has 1 aliphatic heterocycles. The van der Waals surface area contributed by atoms with E-state index in [1.165, 1.54) is 17.7 Å². The van der Waals surface area contributed by atoms with Gasteiger partial charge in [0, 0.05) is 17.1 Å². The molecule has 1 fully saturated rings. The van der Waals surface area contributed by atoms with Crippen LogP contribution in [-0.4, -0.2) is 16.5 Å². The lowest BCUT2D eigenvalue weighted by Crippen LogP contribution is -2.14. The number of thiazole rings is 1. The third kappa shape index (κ3) is 2.52. The predicted molar refractivity (Wildman–Crippen MR) is 74.3 cm³/mol. The molecule has 1 saturated heterocycles. The molecule has 0 aromatic carbocycles. The van der Waals surface area contributed by atoms with Crippen LogP contribution in [-0.2, 0) is 0 Å². The van der Waals surface area contributed by atoms with Gasteiger partial charge in [0.05, 0.1) is 5.69 Å². The predicted octanol–water partition coefficient (Wildman–Crippen LogP) is 3.01. The van der Waals surface area contributed by atoms with E-state index in [0.717, 1.165) is 23.2 Å². The maximum absolute atomic E-state index is 4.65. The summed E-state index contributed by atoms with van der Waals surface area (Å²) in [5.74, 6) is 0.871. The third-order valence-corrected chi connectivity index (χ3v) is 3.87. The van der Waals surface area contributed by atoms with Crippen LogP contribution in [0, 0.1) is 6.92 Å². The van der Waals surface area contributed by atoms with Gasteiger partial charge in [-0.15, -0.1) is 11.3 Å². The van der Waals surface area contributed by atoms with Crippen molar-refractivity contribution in [2.45, 2.75) is 25.8 Å². The van der Waals surface area contributed by atoms with Gasteiger partial charge in [0.25, 0.3) is 0 Å². The van der Waals surface area contributed by atoms with Crippen LogP contribution in [0.3, 0.4) is 0 Å². The first kappa shape index (κ1) is 11.6. The van der Waals surface area contributed by atoms with Crippen molar-refractivity contribution in [3.8, 4) is 0 Å². The number of nitrogens with zero attached hydrogens (tertiary/aromatic N) is 2. The van der Waals surface area contributed by atoms with E-state index in [2.05, 4.69) is 33.6 Å². The van der Waals surface area contributed by atoms with Crippen LogP contribution in [0.15, 0.2) is 24.4 Å². The summed E-state index contributed by atoms with van der Waals surface area (Å²) in [6.45, 7) is 3.14. The molecule has 0 unspecified atom stereocenters. The van der Waals surface area contributed by atoms with Gasteiger partial charge in [0.1, 0.15) is 5.82 Å². The van der Waals surface area contributed by atoms with Gasteiger partial charge in [-0.3, -0.25) is 0 Å². The van der Waals surface area contributed by atoms with Crippen LogP contribution in [0.4, 0.5) is 10.9 Å². The number of nitrogens with one attached hydrogen (secondary N) is 2. The lowest BCUT2D eigenvalue weighted by molar-refractivity contribution is 0.629. The number of aromatic nitrogens is 2. The van der Waals surface area contributed by atoms with Crippen LogP contribution in [0.25, 0.3) is 0 Å². The fourth-order valence-electron chi connectivity index (χ4n) is 2.17. The van der Waals surface area contributed by atoms with Gasteiger partial charge in [0.2, 0.25) is 0 Å². The molecule has 2 aromatic rings. The lowest BCUT2D eigenvalue weighted by atomic mass is 10.1. The van der Waals surface area contributed by atoms with Crippen molar-refractivity contribution < 1.29 is 0 Å². The van der Waals surface area contributed by atoms with Crippen LogP contribution in [0.2, 0.25) is 0 Å². The number of hydrogen-bond acceptors (Lipinski definition) is 5. The Morgan fingerprint density at radius 1 is 1.44 bits per heavy atom. The molecule has 0 spiro atoms. The molecule has 0 saturated carbocycles. The lowest BCUT2D eigenvalue weighted by Gasteiger charge is -2.11. The molecule has 2 aromatic heterocycles. The maximum atomic E-state index is 4.65. The Balaban J connectivity index is 1.78. The highest BCUT2D eigenvalue weighted by molar-refractivity contribution is 7.15. The Bertz CT molecular complexity index is 531. The first-order valence-corrected chi connectivity index (χ1v) is 7.03. The minimum absolute atomic E-state index is 0.407. The third-order valence-electron chi connectivity index (χ3n) is 3.04. The first-order valence-electron chi connectivity index (χ1n) is 6.21. The summed E-state index contributed by atoms with van der Waals surface area (Å²) in [7, 11) is 0. The van der Waals surface area contributed by atoms with Crippen molar-refractivity contribution in [3.05, 3.63) is 35.0 Å². The zero-order valence-corrected chi connectivity index (χ0v) is 11.1. The molecular formula is C13H16N4S. The number of anilines is 2. The molecule has 5 heteroatoms. The van der Waals surface area contributed by atoms with Crippen molar-refractivity contribution in [1.82, 2.24) is 15.3 Å². The monoisotopic (exact) mass is 260 g/mol. The zero-order chi connectivity index (χ0) is 12.4. The van der Waals surface area contributed by atoms with Gasteiger partial charge in [-0.25, -0.2) is 9.97 Å². The van der Waals surface area contributed by atoms with Crippen molar-refractivity contribution in [2.24, 2.45) is 0 Å². The van der Waals surface area contributed by atoms with Crippen LogP contribution >= 0.6 is 11.3 Å². The number of pyridine rings is 1. The Morgan fingerprint density at radius 2 is 2.39 bits per heavy atom. The molecule has 94 valence electrons. The highest BCUT2D eigenvalue weighted by atomic mass is 32.1. The van der Waals surface area contributed by atoms with Crippen molar-refractivity contribution in [2.75, 3.05) is 11.9 Å². The van der Waals surface area contributed by atoms with Gasteiger partial charge in [-0.1, -0.05) is 6.07 Å². The normalized spacial score (nSPS) is 19.1. The molecular weight excluding hydrogens is 244 g/mol. The molecule has 18 heavy (non-hydrogen) atoms. The van der Waals surface area contributed by atoms with Gasteiger partial charge in [0.15, 0.2) is 5.13 Å². The SMILES string of the molecule is Cc1cnc(Nc2cccc([C@@H]3CCCN3)n2)s1. The van der Waals surface area contributed by atoms with Crippen LogP contribution in [0.1, 0.15) is 29.5 Å². The Labute approximate surface area is 110 Å². The molecule has 0 aliphatic carbocycles. The largest absolute Gasteiger partial charge is 0.316 e. The Hall–Kier alpha value is -1.46. The fourth-order valence-corrected chi connectivity index (χ4v) is 2.85. The smallest absolute Gasteiger partial charge is 0.188 e. The summed E-state index contributed by atoms with van der Waals surface area (Å²) in [6.07, 6.45) is 4.28. The van der Waals surface area contributed by atoms with Gasteiger partial charge >= 0.3 is 0 Å². The molecule has 1 aliphatic rings. The molecule has 2 N–H and O–H groups in total. The van der Waals surface area contributed by atoms with E-state index in [-0.39, 0.29) is 0 Å². The van der Waals surface area contributed by atoms with Crippen molar-refractivity contribution in [1.29, 1.82) is 0 Å². The number of rotatable bonds is 3. The molecule has 3 heterocycles. The highest BCUT2D eigenvalue weighted by Gasteiger charge is 2.17. The van der Waals surface area contributed by atoms with Gasteiger partial charge in [-0.05, 0) is 38.4 Å². The van der Waals surface area contributed by atoms with E-state index < -0.39 is 0 Å². The average Bonchev–Trinajstić information content (AvgIpc) is 3.01. The quantitative estimate of drug-likeness (QED) is 0.890. The summed E-state index contributed by atoms with van der Waals surface area (Å²) >= 11 is 1.64. The maximum Gasteiger partial charge on any atom is 0.188 e. The highest BCUT2D eigenvalue weighted by Crippen LogP contribution is 2.24. The summed E-state index contributed by atoms with van der Waals surface area (Å²) in [5, 5.41) is 7.62. The minimum atomic E-state index is 0.407. The van der Waals surface area contributed by atoms with E-state index in [1.807, 2.05) is 18.3 Å². The molecule has 0 radical (unpaired) electrons.